The minimum atomic E-state index is -0.434. The van der Waals surface area contributed by atoms with Crippen molar-refractivity contribution in [2.24, 2.45) is 10.8 Å². The van der Waals surface area contributed by atoms with Gasteiger partial charge in [-0.1, -0.05) is 20.8 Å². The first-order valence-corrected chi connectivity index (χ1v) is 5.96. The van der Waals surface area contributed by atoms with Gasteiger partial charge in [0, 0.05) is 13.7 Å². The molecule has 0 aromatic heterocycles. The fraction of sp³-hybridized carbons (Fsp3) is 0.923. The van der Waals surface area contributed by atoms with E-state index in [9.17, 15) is 4.79 Å². The van der Waals surface area contributed by atoms with Crippen LogP contribution in [-0.4, -0.2) is 26.2 Å². The first-order valence-electron chi connectivity index (χ1n) is 5.96. The summed E-state index contributed by atoms with van der Waals surface area (Å²) in [4.78, 5) is 11.8. The molecule has 0 atom stereocenters. The topological polar surface area (TPSA) is 38.3 Å². The minimum absolute atomic E-state index is 0.0725. The van der Waals surface area contributed by atoms with Crippen LogP contribution in [0.25, 0.3) is 0 Å². The van der Waals surface area contributed by atoms with E-state index in [2.05, 4.69) is 26.1 Å². The first-order chi connectivity index (χ1) is 7.19. The number of hydrogen-bond donors (Lipinski definition) is 1. The second-order valence-electron chi connectivity index (χ2n) is 6.24. The monoisotopic (exact) mass is 229 g/mol. The zero-order valence-corrected chi connectivity index (χ0v) is 11.6. The summed E-state index contributed by atoms with van der Waals surface area (Å²) in [6.07, 6.45) is 2.15. The molecule has 0 spiro atoms. The van der Waals surface area contributed by atoms with Crippen LogP contribution in [0.3, 0.4) is 0 Å². The molecule has 0 aliphatic heterocycles. The van der Waals surface area contributed by atoms with Crippen LogP contribution < -0.4 is 5.32 Å². The number of nitrogens with one attached hydrogen (secondary N) is 1. The molecule has 0 rings (SSSR count). The number of methoxy groups -OCH3 is 1. The van der Waals surface area contributed by atoms with E-state index in [1.807, 2.05) is 13.8 Å². The molecule has 0 unspecified atom stereocenters. The molecule has 96 valence electrons. The quantitative estimate of drug-likeness (QED) is 0.711. The summed E-state index contributed by atoms with van der Waals surface area (Å²) in [5.41, 5.74) is -0.0940. The van der Waals surface area contributed by atoms with Gasteiger partial charge in [-0.2, -0.15) is 0 Å². The smallest absolute Gasteiger partial charge is 0.227 e. The summed E-state index contributed by atoms with van der Waals surface area (Å²) in [6.45, 7) is 11.6. The van der Waals surface area contributed by atoms with Crippen molar-refractivity contribution in [1.82, 2.24) is 5.32 Å². The molecule has 16 heavy (non-hydrogen) atoms. The molecule has 0 saturated carbocycles. The second kappa shape index (κ2) is 6.24. The largest absolute Gasteiger partial charge is 0.384 e. The Labute approximate surface area is 99.9 Å². The van der Waals surface area contributed by atoms with E-state index >= 15 is 0 Å². The van der Waals surface area contributed by atoms with Crippen molar-refractivity contribution in [3.05, 3.63) is 0 Å². The molecule has 0 bridgehead atoms. The van der Waals surface area contributed by atoms with Crippen LogP contribution >= 0.6 is 0 Å². The number of carbonyl (C=O) groups excluding carboxylic acids is 1. The van der Waals surface area contributed by atoms with Gasteiger partial charge in [0.2, 0.25) is 5.91 Å². The molecule has 0 aromatic rings. The average Bonchev–Trinajstić information content (AvgIpc) is 2.10. The zero-order chi connectivity index (χ0) is 12.8. The normalized spacial score (nSPS) is 12.6. The minimum Gasteiger partial charge on any atom is -0.384 e. The number of hydrogen-bond acceptors (Lipinski definition) is 2. The van der Waals surface area contributed by atoms with E-state index in [4.69, 9.17) is 4.74 Å². The second-order valence-corrected chi connectivity index (χ2v) is 6.24. The first kappa shape index (κ1) is 15.4. The molecular formula is C13H27NO2. The fourth-order valence-corrected chi connectivity index (χ4v) is 1.49. The van der Waals surface area contributed by atoms with Crippen molar-refractivity contribution in [2.75, 3.05) is 20.3 Å². The highest BCUT2D eigenvalue weighted by molar-refractivity contribution is 5.81. The van der Waals surface area contributed by atoms with Gasteiger partial charge in [-0.05, 0) is 32.1 Å². The van der Waals surface area contributed by atoms with E-state index in [-0.39, 0.29) is 5.91 Å². The van der Waals surface area contributed by atoms with Gasteiger partial charge < -0.3 is 10.1 Å². The van der Waals surface area contributed by atoms with Gasteiger partial charge >= 0.3 is 0 Å². The molecule has 0 radical (unpaired) electrons. The molecule has 0 saturated heterocycles. The van der Waals surface area contributed by atoms with Gasteiger partial charge in [0.25, 0.3) is 0 Å². The Bertz CT molecular complexity index is 216. The lowest BCUT2D eigenvalue weighted by molar-refractivity contribution is -0.131. The molecule has 0 fully saturated rings. The Morgan fingerprint density at radius 3 is 2.19 bits per heavy atom. The van der Waals surface area contributed by atoms with E-state index in [1.165, 1.54) is 0 Å². The van der Waals surface area contributed by atoms with Crippen LogP contribution in [0.5, 0.6) is 0 Å². The molecule has 1 N–H and O–H groups in total. The summed E-state index contributed by atoms with van der Waals surface area (Å²) in [6, 6.07) is 0. The van der Waals surface area contributed by atoms with E-state index in [0.717, 1.165) is 19.4 Å². The molecule has 0 aromatic carbocycles. The molecule has 3 nitrogen and oxygen atoms in total. The summed E-state index contributed by atoms with van der Waals surface area (Å²) >= 11 is 0. The molecular weight excluding hydrogens is 202 g/mol. The molecule has 0 heterocycles. The van der Waals surface area contributed by atoms with Crippen LogP contribution in [0.15, 0.2) is 0 Å². The fourth-order valence-electron chi connectivity index (χ4n) is 1.49. The summed E-state index contributed by atoms with van der Waals surface area (Å²) in [5.74, 6) is 0.0725. The van der Waals surface area contributed by atoms with Gasteiger partial charge in [0.15, 0.2) is 0 Å². The Morgan fingerprint density at radius 1 is 1.19 bits per heavy atom. The average molecular weight is 229 g/mol. The highest BCUT2D eigenvalue weighted by Gasteiger charge is 2.27. The van der Waals surface area contributed by atoms with Crippen molar-refractivity contribution >= 4 is 5.91 Å². The predicted molar refractivity (Wildman–Crippen MR) is 67.4 cm³/mol. The molecule has 0 aliphatic rings. The standard InChI is InChI=1S/C13H27NO2/c1-12(2,3)8-7-9-14-11(15)13(4,5)10-16-6/h7-10H2,1-6H3,(H,14,15). The third-order valence-electron chi connectivity index (χ3n) is 2.51. The predicted octanol–water partition coefficient (Wildman–Crippen LogP) is 2.60. The Balaban J connectivity index is 3.82. The van der Waals surface area contributed by atoms with Crippen LogP contribution in [0.2, 0.25) is 0 Å². The maximum absolute atomic E-state index is 11.8. The molecule has 0 aliphatic carbocycles. The summed E-state index contributed by atoms with van der Waals surface area (Å²) in [7, 11) is 1.62. The summed E-state index contributed by atoms with van der Waals surface area (Å²) < 4.78 is 5.03. The number of rotatable bonds is 6. The van der Waals surface area contributed by atoms with Crippen molar-refractivity contribution in [2.45, 2.75) is 47.5 Å². The van der Waals surface area contributed by atoms with Crippen LogP contribution in [-0.2, 0) is 9.53 Å². The Morgan fingerprint density at radius 2 is 1.75 bits per heavy atom. The van der Waals surface area contributed by atoms with Crippen LogP contribution in [0.1, 0.15) is 47.5 Å². The maximum Gasteiger partial charge on any atom is 0.227 e. The van der Waals surface area contributed by atoms with Gasteiger partial charge in [-0.25, -0.2) is 0 Å². The third-order valence-corrected chi connectivity index (χ3v) is 2.51. The lowest BCUT2D eigenvalue weighted by atomic mass is 9.90. The Hall–Kier alpha value is -0.570. The molecule has 3 heteroatoms. The zero-order valence-electron chi connectivity index (χ0n) is 11.6. The van der Waals surface area contributed by atoms with Gasteiger partial charge in [0.05, 0.1) is 12.0 Å². The van der Waals surface area contributed by atoms with E-state index in [1.54, 1.807) is 7.11 Å². The van der Waals surface area contributed by atoms with E-state index in [0.29, 0.717) is 12.0 Å². The lowest BCUT2D eigenvalue weighted by Crippen LogP contribution is -2.40. The van der Waals surface area contributed by atoms with E-state index < -0.39 is 5.41 Å². The summed E-state index contributed by atoms with van der Waals surface area (Å²) in [5, 5.41) is 2.96. The molecule has 1 amide bonds. The van der Waals surface area contributed by atoms with Crippen molar-refractivity contribution in [1.29, 1.82) is 0 Å². The lowest BCUT2D eigenvalue weighted by Gasteiger charge is -2.23. The van der Waals surface area contributed by atoms with Crippen molar-refractivity contribution in [3.63, 3.8) is 0 Å². The number of ether oxygens (including phenoxy) is 1. The van der Waals surface area contributed by atoms with Gasteiger partial charge in [-0.15, -0.1) is 0 Å². The van der Waals surface area contributed by atoms with Crippen molar-refractivity contribution < 1.29 is 9.53 Å². The van der Waals surface area contributed by atoms with Crippen LogP contribution in [0.4, 0.5) is 0 Å². The SMILES string of the molecule is COCC(C)(C)C(=O)NCCCC(C)(C)C. The van der Waals surface area contributed by atoms with Gasteiger partial charge in [0.1, 0.15) is 0 Å². The maximum atomic E-state index is 11.8. The van der Waals surface area contributed by atoms with Crippen LogP contribution in [0, 0.1) is 10.8 Å². The van der Waals surface area contributed by atoms with Crippen molar-refractivity contribution in [3.8, 4) is 0 Å². The number of amides is 1. The highest BCUT2D eigenvalue weighted by atomic mass is 16.5. The number of carbonyl (C=O) groups is 1. The Kier molecular flexibility index (Phi) is 6.01. The van der Waals surface area contributed by atoms with Gasteiger partial charge in [-0.3, -0.25) is 4.79 Å². The third kappa shape index (κ3) is 6.83. The highest BCUT2D eigenvalue weighted by Crippen LogP contribution is 2.20.